The van der Waals surface area contributed by atoms with Gasteiger partial charge in [0.25, 0.3) is 0 Å². The van der Waals surface area contributed by atoms with Gasteiger partial charge in [0.2, 0.25) is 0 Å². The van der Waals surface area contributed by atoms with E-state index < -0.39 is 0 Å². The third kappa shape index (κ3) is 4.29. The molecule has 0 saturated carbocycles. The largest absolute Gasteiger partial charge is 0.496 e. The molecule has 0 unspecified atom stereocenters. The number of benzene rings is 2. The Bertz CT molecular complexity index is 673. The van der Waals surface area contributed by atoms with Crippen LogP contribution in [0.3, 0.4) is 0 Å². The van der Waals surface area contributed by atoms with Crippen molar-refractivity contribution in [3.8, 4) is 17.2 Å². The molecule has 2 rings (SSSR count). The smallest absolute Gasteiger partial charge is 0.319 e. The van der Waals surface area contributed by atoms with Gasteiger partial charge in [0, 0.05) is 23.9 Å². The van der Waals surface area contributed by atoms with Crippen LogP contribution < -0.4 is 24.8 Å². The SMILES string of the molecule is COc1ccccc1CNC(=O)Nc1ccc(OC)c(OC)c1. The summed E-state index contributed by atoms with van der Waals surface area (Å²) in [4.78, 5) is 12.0. The molecule has 2 N–H and O–H groups in total. The Hall–Kier alpha value is -2.89. The van der Waals surface area contributed by atoms with Crippen LogP contribution in [0.5, 0.6) is 17.2 Å². The number of nitrogens with one attached hydrogen (secondary N) is 2. The zero-order chi connectivity index (χ0) is 16.7. The highest BCUT2D eigenvalue weighted by Gasteiger charge is 2.08. The third-order valence-corrected chi connectivity index (χ3v) is 3.27. The summed E-state index contributed by atoms with van der Waals surface area (Å²) in [5.74, 6) is 1.89. The number of para-hydroxylation sites is 1. The molecule has 0 aliphatic rings. The van der Waals surface area contributed by atoms with Crippen molar-refractivity contribution in [1.82, 2.24) is 5.32 Å². The molecule has 0 radical (unpaired) electrons. The number of rotatable bonds is 6. The summed E-state index contributed by atoms with van der Waals surface area (Å²) < 4.78 is 15.6. The average Bonchev–Trinajstić information content (AvgIpc) is 2.60. The van der Waals surface area contributed by atoms with Crippen LogP contribution >= 0.6 is 0 Å². The molecule has 0 aliphatic heterocycles. The standard InChI is InChI=1S/C17H20N2O4/c1-21-14-7-5-4-6-12(14)11-18-17(20)19-13-8-9-15(22-2)16(10-13)23-3/h4-10H,11H2,1-3H3,(H2,18,19,20). The Morgan fingerprint density at radius 3 is 2.30 bits per heavy atom. The van der Waals surface area contributed by atoms with E-state index in [-0.39, 0.29) is 6.03 Å². The lowest BCUT2D eigenvalue weighted by atomic mass is 10.2. The monoisotopic (exact) mass is 316 g/mol. The molecule has 122 valence electrons. The zero-order valence-electron chi connectivity index (χ0n) is 13.4. The van der Waals surface area contributed by atoms with Crippen LogP contribution in [0.2, 0.25) is 0 Å². The van der Waals surface area contributed by atoms with E-state index in [0.717, 1.165) is 11.3 Å². The Morgan fingerprint density at radius 2 is 1.61 bits per heavy atom. The summed E-state index contributed by atoms with van der Waals surface area (Å²) in [5.41, 5.74) is 1.51. The van der Waals surface area contributed by atoms with Crippen molar-refractivity contribution >= 4 is 11.7 Å². The van der Waals surface area contributed by atoms with E-state index in [2.05, 4.69) is 10.6 Å². The van der Waals surface area contributed by atoms with E-state index in [1.807, 2.05) is 24.3 Å². The maximum atomic E-state index is 12.0. The third-order valence-electron chi connectivity index (χ3n) is 3.27. The van der Waals surface area contributed by atoms with Crippen molar-refractivity contribution in [2.24, 2.45) is 0 Å². The van der Waals surface area contributed by atoms with E-state index in [1.165, 1.54) is 0 Å². The van der Waals surface area contributed by atoms with Crippen LogP contribution in [-0.2, 0) is 6.54 Å². The molecule has 0 saturated heterocycles. The van der Waals surface area contributed by atoms with Gasteiger partial charge in [-0.25, -0.2) is 4.79 Å². The molecule has 0 spiro atoms. The minimum atomic E-state index is -0.317. The summed E-state index contributed by atoms with van der Waals surface area (Å²) in [6, 6.07) is 12.4. The van der Waals surface area contributed by atoms with Gasteiger partial charge in [-0.3, -0.25) is 0 Å². The summed E-state index contributed by atoms with van der Waals surface area (Å²) >= 11 is 0. The first-order valence-corrected chi connectivity index (χ1v) is 7.06. The summed E-state index contributed by atoms with van der Waals surface area (Å²) in [6.07, 6.45) is 0. The molecular weight excluding hydrogens is 296 g/mol. The van der Waals surface area contributed by atoms with Gasteiger partial charge in [0.05, 0.1) is 21.3 Å². The molecule has 2 aromatic rings. The van der Waals surface area contributed by atoms with Gasteiger partial charge < -0.3 is 24.8 Å². The Balaban J connectivity index is 1.97. The molecule has 6 heteroatoms. The quantitative estimate of drug-likeness (QED) is 0.859. The van der Waals surface area contributed by atoms with Gasteiger partial charge in [-0.1, -0.05) is 18.2 Å². The fourth-order valence-corrected chi connectivity index (χ4v) is 2.11. The first-order valence-electron chi connectivity index (χ1n) is 7.06. The van der Waals surface area contributed by atoms with E-state index in [9.17, 15) is 4.79 Å². The van der Waals surface area contributed by atoms with E-state index in [0.29, 0.717) is 23.7 Å². The lowest BCUT2D eigenvalue weighted by molar-refractivity contribution is 0.251. The Morgan fingerprint density at radius 1 is 0.913 bits per heavy atom. The number of ether oxygens (including phenoxy) is 3. The van der Waals surface area contributed by atoms with Crippen molar-refractivity contribution in [3.05, 3.63) is 48.0 Å². The number of anilines is 1. The first kappa shape index (κ1) is 16.5. The molecule has 2 amide bonds. The normalized spacial score (nSPS) is 9.87. The predicted octanol–water partition coefficient (Wildman–Crippen LogP) is 3.03. The number of urea groups is 1. The topological polar surface area (TPSA) is 68.8 Å². The number of carbonyl (C=O) groups excluding carboxylic acids is 1. The maximum absolute atomic E-state index is 12.0. The van der Waals surface area contributed by atoms with Crippen molar-refractivity contribution in [1.29, 1.82) is 0 Å². The van der Waals surface area contributed by atoms with Crippen LogP contribution in [0.25, 0.3) is 0 Å². The summed E-state index contributed by atoms with van der Waals surface area (Å²) in [6.45, 7) is 0.364. The zero-order valence-corrected chi connectivity index (χ0v) is 13.4. The second-order valence-corrected chi connectivity index (χ2v) is 4.69. The fourth-order valence-electron chi connectivity index (χ4n) is 2.11. The number of hydrogen-bond acceptors (Lipinski definition) is 4. The lowest BCUT2D eigenvalue weighted by Gasteiger charge is -2.12. The molecule has 0 bridgehead atoms. The predicted molar refractivity (Wildman–Crippen MR) is 88.4 cm³/mol. The summed E-state index contributed by atoms with van der Waals surface area (Å²) in [5, 5.41) is 5.54. The van der Waals surface area contributed by atoms with Crippen LogP contribution in [0, 0.1) is 0 Å². The molecule has 6 nitrogen and oxygen atoms in total. The number of carbonyl (C=O) groups is 1. The lowest BCUT2D eigenvalue weighted by Crippen LogP contribution is -2.28. The Labute approximate surface area is 135 Å². The van der Waals surface area contributed by atoms with E-state index in [1.54, 1.807) is 39.5 Å². The Kier molecular flexibility index (Phi) is 5.68. The van der Waals surface area contributed by atoms with Crippen LogP contribution in [0.1, 0.15) is 5.56 Å². The van der Waals surface area contributed by atoms with Crippen molar-refractivity contribution < 1.29 is 19.0 Å². The molecule has 0 aromatic heterocycles. The van der Waals surface area contributed by atoms with Gasteiger partial charge in [-0.15, -0.1) is 0 Å². The second kappa shape index (κ2) is 7.93. The highest BCUT2D eigenvalue weighted by atomic mass is 16.5. The van der Waals surface area contributed by atoms with E-state index in [4.69, 9.17) is 14.2 Å². The number of amides is 2. The molecule has 0 atom stereocenters. The maximum Gasteiger partial charge on any atom is 0.319 e. The van der Waals surface area contributed by atoms with Gasteiger partial charge in [-0.2, -0.15) is 0 Å². The molecule has 0 aliphatic carbocycles. The fraction of sp³-hybridized carbons (Fsp3) is 0.235. The van der Waals surface area contributed by atoms with Crippen LogP contribution in [-0.4, -0.2) is 27.4 Å². The second-order valence-electron chi connectivity index (χ2n) is 4.69. The first-order chi connectivity index (χ1) is 11.2. The van der Waals surface area contributed by atoms with Gasteiger partial charge in [0.1, 0.15) is 5.75 Å². The molecule has 2 aromatic carbocycles. The molecule has 0 fully saturated rings. The van der Waals surface area contributed by atoms with Crippen LogP contribution in [0.4, 0.5) is 10.5 Å². The van der Waals surface area contributed by atoms with E-state index >= 15 is 0 Å². The molecular formula is C17H20N2O4. The molecule has 23 heavy (non-hydrogen) atoms. The van der Waals surface area contributed by atoms with Gasteiger partial charge in [0.15, 0.2) is 11.5 Å². The van der Waals surface area contributed by atoms with Crippen molar-refractivity contribution in [3.63, 3.8) is 0 Å². The van der Waals surface area contributed by atoms with Crippen molar-refractivity contribution in [2.45, 2.75) is 6.54 Å². The molecule has 0 heterocycles. The minimum absolute atomic E-state index is 0.317. The number of hydrogen-bond donors (Lipinski definition) is 2. The van der Waals surface area contributed by atoms with Gasteiger partial charge in [-0.05, 0) is 18.2 Å². The summed E-state index contributed by atoms with van der Waals surface area (Å²) in [7, 11) is 4.71. The minimum Gasteiger partial charge on any atom is -0.496 e. The highest BCUT2D eigenvalue weighted by Crippen LogP contribution is 2.29. The average molecular weight is 316 g/mol. The number of methoxy groups -OCH3 is 3. The van der Waals surface area contributed by atoms with Crippen LogP contribution in [0.15, 0.2) is 42.5 Å². The van der Waals surface area contributed by atoms with Crippen molar-refractivity contribution in [2.75, 3.05) is 26.6 Å². The highest BCUT2D eigenvalue weighted by molar-refractivity contribution is 5.89. The van der Waals surface area contributed by atoms with Gasteiger partial charge >= 0.3 is 6.03 Å².